The fourth-order valence-electron chi connectivity index (χ4n) is 1.18. The SMILES string of the molecule is Cl.Cn1ncc2ncc(B(O)O)cc21. The largest absolute Gasteiger partial charge is 0.490 e. The second-order valence-corrected chi connectivity index (χ2v) is 2.81. The predicted molar refractivity (Wildman–Crippen MR) is 55.6 cm³/mol. The molecule has 2 N–H and O–H groups in total. The summed E-state index contributed by atoms with van der Waals surface area (Å²) in [5, 5.41) is 21.8. The van der Waals surface area contributed by atoms with Crippen molar-refractivity contribution in [2.24, 2.45) is 7.05 Å². The smallest absolute Gasteiger partial charge is 0.423 e. The molecule has 0 unspecified atom stereocenters. The fraction of sp³-hybridized carbons (Fsp3) is 0.143. The van der Waals surface area contributed by atoms with Gasteiger partial charge in [0.2, 0.25) is 0 Å². The molecule has 0 amide bonds. The third kappa shape index (κ3) is 1.72. The number of pyridine rings is 1. The van der Waals surface area contributed by atoms with Gasteiger partial charge >= 0.3 is 7.12 Å². The van der Waals surface area contributed by atoms with Crippen molar-refractivity contribution < 1.29 is 10.0 Å². The molecule has 2 rings (SSSR count). The summed E-state index contributed by atoms with van der Waals surface area (Å²) < 4.78 is 1.63. The number of rotatable bonds is 1. The number of aryl methyl sites for hydroxylation is 1. The molecule has 0 atom stereocenters. The molecule has 2 aromatic heterocycles. The van der Waals surface area contributed by atoms with Crippen LogP contribution in [0.25, 0.3) is 11.0 Å². The van der Waals surface area contributed by atoms with E-state index in [0.29, 0.717) is 5.46 Å². The first-order valence-corrected chi connectivity index (χ1v) is 3.82. The molecule has 2 heterocycles. The molecular formula is C7H9BClN3O2. The Morgan fingerprint density at radius 3 is 2.71 bits per heavy atom. The van der Waals surface area contributed by atoms with E-state index in [1.54, 1.807) is 24.0 Å². The van der Waals surface area contributed by atoms with Crippen LogP contribution in [-0.2, 0) is 7.05 Å². The van der Waals surface area contributed by atoms with E-state index in [-0.39, 0.29) is 12.4 Å². The molecular weight excluding hydrogens is 204 g/mol. The zero-order valence-corrected chi connectivity index (χ0v) is 8.27. The highest BCUT2D eigenvalue weighted by atomic mass is 35.5. The van der Waals surface area contributed by atoms with Gasteiger partial charge in [-0.15, -0.1) is 12.4 Å². The summed E-state index contributed by atoms with van der Waals surface area (Å²) in [4.78, 5) is 4.02. The summed E-state index contributed by atoms with van der Waals surface area (Å²) >= 11 is 0. The highest BCUT2D eigenvalue weighted by Crippen LogP contribution is 2.06. The standard InChI is InChI=1S/C7H8BN3O2.ClH/c1-11-7-2-5(8(12)13)3-9-6(7)4-10-11;/h2-4,12-13H,1H3;1H. The number of aromatic nitrogens is 3. The fourth-order valence-corrected chi connectivity index (χ4v) is 1.18. The third-order valence-electron chi connectivity index (χ3n) is 1.92. The van der Waals surface area contributed by atoms with E-state index in [1.807, 2.05) is 0 Å². The first-order chi connectivity index (χ1) is 6.18. The Balaban J connectivity index is 0.000000980. The van der Waals surface area contributed by atoms with Crippen LogP contribution in [0.5, 0.6) is 0 Å². The van der Waals surface area contributed by atoms with E-state index in [1.165, 1.54) is 6.20 Å². The summed E-state index contributed by atoms with van der Waals surface area (Å²) in [5.74, 6) is 0. The zero-order valence-electron chi connectivity index (χ0n) is 7.45. The van der Waals surface area contributed by atoms with Gasteiger partial charge in [0.25, 0.3) is 0 Å². The molecule has 14 heavy (non-hydrogen) atoms. The van der Waals surface area contributed by atoms with E-state index in [2.05, 4.69) is 10.1 Å². The summed E-state index contributed by atoms with van der Waals surface area (Å²) in [6, 6.07) is 1.65. The average Bonchev–Trinajstić information content (AvgIpc) is 2.47. The van der Waals surface area contributed by atoms with Crippen molar-refractivity contribution in [1.82, 2.24) is 14.8 Å². The van der Waals surface area contributed by atoms with E-state index in [4.69, 9.17) is 10.0 Å². The van der Waals surface area contributed by atoms with Crippen LogP contribution >= 0.6 is 12.4 Å². The Morgan fingerprint density at radius 2 is 2.07 bits per heavy atom. The number of halogens is 1. The molecule has 0 spiro atoms. The highest BCUT2D eigenvalue weighted by molar-refractivity contribution is 6.58. The average molecular weight is 213 g/mol. The van der Waals surface area contributed by atoms with E-state index in [0.717, 1.165) is 11.0 Å². The molecule has 0 radical (unpaired) electrons. The molecule has 0 aliphatic carbocycles. The lowest BCUT2D eigenvalue weighted by atomic mass is 9.81. The molecule has 0 saturated carbocycles. The van der Waals surface area contributed by atoms with Crippen LogP contribution in [0.15, 0.2) is 18.5 Å². The van der Waals surface area contributed by atoms with Crippen molar-refractivity contribution in [3.05, 3.63) is 18.5 Å². The first-order valence-electron chi connectivity index (χ1n) is 3.82. The molecule has 74 valence electrons. The second-order valence-electron chi connectivity index (χ2n) is 2.81. The van der Waals surface area contributed by atoms with Gasteiger partial charge in [-0.3, -0.25) is 9.67 Å². The molecule has 0 saturated heterocycles. The quantitative estimate of drug-likeness (QED) is 0.601. The Morgan fingerprint density at radius 1 is 1.36 bits per heavy atom. The highest BCUT2D eigenvalue weighted by Gasteiger charge is 2.12. The lowest BCUT2D eigenvalue weighted by Gasteiger charge is -1.98. The molecule has 5 nitrogen and oxygen atoms in total. The van der Waals surface area contributed by atoms with Crippen LogP contribution in [0.2, 0.25) is 0 Å². The molecule has 0 aliphatic rings. The topological polar surface area (TPSA) is 71.2 Å². The monoisotopic (exact) mass is 213 g/mol. The summed E-state index contributed by atoms with van der Waals surface area (Å²) in [6.07, 6.45) is 3.05. The van der Waals surface area contributed by atoms with Crippen molar-refractivity contribution in [2.75, 3.05) is 0 Å². The van der Waals surface area contributed by atoms with Gasteiger partial charge in [-0.1, -0.05) is 0 Å². The third-order valence-corrected chi connectivity index (χ3v) is 1.92. The van der Waals surface area contributed by atoms with Gasteiger partial charge in [0.15, 0.2) is 0 Å². The lowest BCUT2D eigenvalue weighted by molar-refractivity contribution is 0.425. The minimum Gasteiger partial charge on any atom is -0.423 e. The van der Waals surface area contributed by atoms with Crippen LogP contribution in [0.3, 0.4) is 0 Å². The van der Waals surface area contributed by atoms with E-state index in [9.17, 15) is 0 Å². The van der Waals surface area contributed by atoms with Gasteiger partial charge in [0, 0.05) is 18.7 Å². The van der Waals surface area contributed by atoms with Crippen LogP contribution in [0.4, 0.5) is 0 Å². The summed E-state index contributed by atoms with van der Waals surface area (Å²) in [6.45, 7) is 0. The summed E-state index contributed by atoms with van der Waals surface area (Å²) in [7, 11) is 0.296. The van der Waals surface area contributed by atoms with Crippen LogP contribution in [0, 0.1) is 0 Å². The van der Waals surface area contributed by atoms with Gasteiger partial charge in [-0.25, -0.2) is 0 Å². The zero-order chi connectivity index (χ0) is 9.42. The second kappa shape index (κ2) is 3.95. The molecule has 0 aliphatic heterocycles. The molecule has 0 aromatic carbocycles. The number of fused-ring (bicyclic) bond motifs is 1. The molecule has 2 aromatic rings. The van der Waals surface area contributed by atoms with Crippen molar-refractivity contribution in [2.45, 2.75) is 0 Å². The van der Waals surface area contributed by atoms with Gasteiger partial charge in [0.05, 0.1) is 11.7 Å². The minimum absolute atomic E-state index is 0. The van der Waals surface area contributed by atoms with Crippen LogP contribution in [-0.4, -0.2) is 31.9 Å². The Hall–Kier alpha value is -1.11. The van der Waals surface area contributed by atoms with Crippen LogP contribution in [0.1, 0.15) is 0 Å². The Bertz CT molecular complexity index is 445. The Kier molecular flexibility index (Phi) is 3.10. The number of hydrogen-bond acceptors (Lipinski definition) is 4. The van der Waals surface area contributed by atoms with Crippen molar-refractivity contribution in [1.29, 1.82) is 0 Å². The number of hydrogen-bond donors (Lipinski definition) is 2. The molecule has 7 heteroatoms. The maximum atomic E-state index is 8.90. The maximum Gasteiger partial charge on any atom is 0.490 e. The molecule has 0 bridgehead atoms. The normalized spacial score (nSPS) is 9.93. The Labute approximate surface area is 86.9 Å². The molecule has 0 fully saturated rings. The van der Waals surface area contributed by atoms with Crippen molar-refractivity contribution >= 4 is 36.0 Å². The van der Waals surface area contributed by atoms with Gasteiger partial charge in [-0.2, -0.15) is 5.10 Å². The van der Waals surface area contributed by atoms with E-state index < -0.39 is 7.12 Å². The lowest BCUT2D eigenvalue weighted by Crippen LogP contribution is -2.30. The van der Waals surface area contributed by atoms with Crippen molar-refractivity contribution in [3.8, 4) is 0 Å². The summed E-state index contributed by atoms with van der Waals surface area (Å²) in [5.41, 5.74) is 1.90. The van der Waals surface area contributed by atoms with Crippen molar-refractivity contribution in [3.63, 3.8) is 0 Å². The minimum atomic E-state index is -1.48. The van der Waals surface area contributed by atoms with Gasteiger partial charge in [0.1, 0.15) is 5.52 Å². The van der Waals surface area contributed by atoms with Gasteiger partial charge in [-0.05, 0) is 6.07 Å². The van der Waals surface area contributed by atoms with Crippen LogP contribution < -0.4 is 5.46 Å². The predicted octanol–water partition coefficient (Wildman–Crippen LogP) is -0.930. The maximum absolute atomic E-state index is 8.90. The first kappa shape index (κ1) is 11.0. The van der Waals surface area contributed by atoms with Gasteiger partial charge < -0.3 is 10.0 Å². The van der Waals surface area contributed by atoms with E-state index >= 15 is 0 Å². The number of nitrogens with zero attached hydrogens (tertiary/aromatic N) is 3.